The van der Waals surface area contributed by atoms with Gasteiger partial charge in [-0.25, -0.2) is 13.5 Å². The summed E-state index contributed by atoms with van der Waals surface area (Å²) in [6.45, 7) is 1.93. The number of hydrogen-bond donors (Lipinski definition) is 4. The number of nitrogens with one attached hydrogen (secondary N) is 4. The lowest BCUT2D eigenvalue weighted by molar-refractivity contribution is 0.0656. The molecule has 1 aromatic heterocycles. The van der Waals surface area contributed by atoms with Gasteiger partial charge in [-0.1, -0.05) is 48.5 Å². The number of anilines is 2. The maximum Gasteiger partial charge on any atom is 0.275 e. The van der Waals surface area contributed by atoms with Crippen LogP contribution in [0.15, 0.2) is 60.8 Å². The second-order valence-corrected chi connectivity index (χ2v) is 7.85. The van der Waals surface area contributed by atoms with Crippen molar-refractivity contribution in [2.45, 2.75) is 31.9 Å². The molecule has 0 saturated carbocycles. The topological polar surface area (TPSA) is 83.0 Å². The third-order valence-electron chi connectivity index (χ3n) is 5.32. The maximum absolute atomic E-state index is 13.8. The van der Waals surface area contributed by atoms with Crippen LogP contribution in [0.25, 0.3) is 0 Å². The van der Waals surface area contributed by atoms with Crippen molar-refractivity contribution in [1.29, 1.82) is 0 Å². The van der Waals surface area contributed by atoms with Crippen molar-refractivity contribution in [2.75, 3.05) is 10.6 Å². The summed E-state index contributed by atoms with van der Waals surface area (Å²) < 4.78 is 28.7. The van der Waals surface area contributed by atoms with E-state index in [1.54, 1.807) is 0 Å². The van der Waals surface area contributed by atoms with Crippen LogP contribution in [-0.4, -0.2) is 27.2 Å². The minimum absolute atomic E-state index is 0.141. The summed E-state index contributed by atoms with van der Waals surface area (Å²) >= 11 is 5.23. The quantitative estimate of drug-likeness (QED) is 0.348. The average molecular weight is 457 g/mol. The van der Waals surface area contributed by atoms with Gasteiger partial charge < -0.3 is 10.6 Å². The van der Waals surface area contributed by atoms with E-state index in [4.69, 9.17) is 12.2 Å². The van der Waals surface area contributed by atoms with E-state index in [1.807, 2.05) is 61.5 Å². The van der Waals surface area contributed by atoms with E-state index in [2.05, 4.69) is 26.6 Å². The molecule has 3 aromatic rings. The summed E-state index contributed by atoms with van der Waals surface area (Å²) in [5.74, 6) is -0.304. The van der Waals surface area contributed by atoms with Crippen molar-refractivity contribution in [1.82, 2.24) is 20.6 Å². The first-order chi connectivity index (χ1) is 15.4. The Kier molecular flexibility index (Phi) is 6.31. The van der Waals surface area contributed by atoms with Gasteiger partial charge in [-0.2, -0.15) is 5.10 Å². The second kappa shape index (κ2) is 9.31. The normalized spacial score (nSPS) is 17.2. The number of benzene rings is 2. The Morgan fingerprint density at radius 3 is 2.59 bits per heavy atom. The summed E-state index contributed by atoms with van der Waals surface area (Å²) in [6.07, 6.45) is -1.19. The van der Waals surface area contributed by atoms with Crippen LogP contribution in [0.1, 0.15) is 40.0 Å². The molecule has 32 heavy (non-hydrogen) atoms. The minimum atomic E-state index is -2.62. The highest BCUT2D eigenvalue weighted by atomic mass is 32.1. The van der Waals surface area contributed by atoms with E-state index in [9.17, 15) is 13.6 Å². The van der Waals surface area contributed by atoms with Gasteiger partial charge in [-0.05, 0) is 42.8 Å². The molecular formula is C22H22F2N6OS. The third-order valence-corrected chi connectivity index (χ3v) is 5.52. The van der Waals surface area contributed by atoms with Gasteiger partial charge in [0.15, 0.2) is 5.11 Å². The lowest BCUT2D eigenvalue weighted by Gasteiger charge is -2.32. The molecule has 4 rings (SSSR count). The summed E-state index contributed by atoms with van der Waals surface area (Å²) in [7, 11) is 0. The largest absolute Gasteiger partial charge is 0.363 e. The van der Waals surface area contributed by atoms with Gasteiger partial charge in [0.05, 0.1) is 12.2 Å². The molecule has 0 saturated heterocycles. The molecule has 4 N–H and O–H groups in total. The number of para-hydroxylation sites is 1. The van der Waals surface area contributed by atoms with Gasteiger partial charge in [0, 0.05) is 5.69 Å². The molecule has 0 aliphatic carbocycles. The highest BCUT2D eigenvalue weighted by molar-refractivity contribution is 7.80. The van der Waals surface area contributed by atoms with Crippen molar-refractivity contribution in [3.05, 3.63) is 77.5 Å². The van der Waals surface area contributed by atoms with Crippen LogP contribution in [0.4, 0.5) is 20.3 Å². The van der Waals surface area contributed by atoms with Crippen molar-refractivity contribution >= 4 is 34.7 Å². The molecule has 10 heteroatoms. The molecule has 166 valence electrons. The van der Waals surface area contributed by atoms with Gasteiger partial charge in [0.25, 0.3) is 12.3 Å². The zero-order valence-electron chi connectivity index (χ0n) is 17.2. The Bertz CT molecular complexity index is 1120. The predicted octanol–water partition coefficient (Wildman–Crippen LogP) is 4.19. The first kappa shape index (κ1) is 21.7. The van der Waals surface area contributed by atoms with E-state index in [-0.39, 0.29) is 29.0 Å². The Labute approximate surface area is 189 Å². The fourth-order valence-corrected chi connectivity index (χ4v) is 3.81. The summed E-state index contributed by atoms with van der Waals surface area (Å²) in [4.78, 5) is 12.8. The lowest BCUT2D eigenvalue weighted by atomic mass is 9.97. The Morgan fingerprint density at radius 2 is 1.88 bits per heavy atom. The smallest absolute Gasteiger partial charge is 0.275 e. The van der Waals surface area contributed by atoms with Crippen LogP contribution in [-0.2, 0) is 0 Å². The third kappa shape index (κ3) is 4.54. The summed E-state index contributed by atoms with van der Waals surface area (Å²) in [5.41, 5.74) is 7.93. The maximum atomic E-state index is 13.8. The lowest BCUT2D eigenvalue weighted by Crippen LogP contribution is -2.44. The first-order valence-corrected chi connectivity index (χ1v) is 10.4. The Balaban J connectivity index is 1.48. The van der Waals surface area contributed by atoms with Crippen LogP contribution < -0.4 is 21.5 Å². The zero-order chi connectivity index (χ0) is 22.7. The molecule has 0 fully saturated rings. The van der Waals surface area contributed by atoms with Crippen LogP contribution >= 0.6 is 12.2 Å². The standard InChI is InChI=1S/C22H22F2N6OS/c1-13-7-5-6-10-16(13)27-22(32)29-28-21(31)15-12-25-30-18(19(23)24)11-17(26-20(15)30)14-8-3-2-4-9-14/h2-10,12,17-19,26H,11H2,1H3,(H,28,31)(H2,27,29,32). The van der Waals surface area contributed by atoms with E-state index in [0.717, 1.165) is 16.8 Å². The van der Waals surface area contributed by atoms with E-state index >= 15 is 0 Å². The van der Waals surface area contributed by atoms with Gasteiger partial charge >= 0.3 is 0 Å². The number of carbonyl (C=O) groups excluding carboxylic acids is 1. The number of hydrogen-bond acceptors (Lipinski definition) is 4. The first-order valence-electron chi connectivity index (χ1n) is 10.0. The minimum Gasteiger partial charge on any atom is -0.363 e. The molecule has 0 spiro atoms. The van der Waals surface area contributed by atoms with Crippen LogP contribution in [0.3, 0.4) is 0 Å². The van der Waals surface area contributed by atoms with Gasteiger partial charge in [-0.3, -0.25) is 15.6 Å². The molecule has 1 aliphatic heterocycles. The summed E-state index contributed by atoms with van der Waals surface area (Å²) in [5, 5.41) is 10.4. The average Bonchev–Trinajstić information content (AvgIpc) is 3.23. The van der Waals surface area contributed by atoms with Crippen LogP contribution in [0.5, 0.6) is 0 Å². The highest BCUT2D eigenvalue weighted by Gasteiger charge is 2.36. The van der Waals surface area contributed by atoms with Crippen LogP contribution in [0.2, 0.25) is 0 Å². The number of rotatable bonds is 4. The monoisotopic (exact) mass is 456 g/mol. The van der Waals surface area contributed by atoms with Gasteiger partial charge in [0.2, 0.25) is 0 Å². The van der Waals surface area contributed by atoms with Crippen molar-refractivity contribution < 1.29 is 13.6 Å². The van der Waals surface area contributed by atoms with E-state index in [1.165, 1.54) is 10.9 Å². The molecular weight excluding hydrogens is 434 g/mol. The number of fused-ring (bicyclic) bond motifs is 1. The molecule has 1 amide bonds. The number of aryl methyl sites for hydroxylation is 1. The van der Waals surface area contributed by atoms with Gasteiger partial charge in [-0.15, -0.1) is 0 Å². The van der Waals surface area contributed by atoms with Gasteiger partial charge in [0.1, 0.15) is 17.4 Å². The molecule has 7 nitrogen and oxygen atoms in total. The Hall–Kier alpha value is -3.53. The van der Waals surface area contributed by atoms with E-state index in [0.29, 0.717) is 0 Å². The Morgan fingerprint density at radius 1 is 1.16 bits per heavy atom. The fraction of sp³-hybridized carbons (Fsp3) is 0.227. The SMILES string of the molecule is Cc1ccccc1NC(=S)NNC(=O)c1cnn2c1NC(c1ccccc1)CC2C(F)F. The molecule has 2 heterocycles. The number of alkyl halides is 2. The predicted molar refractivity (Wildman–Crippen MR) is 123 cm³/mol. The zero-order valence-corrected chi connectivity index (χ0v) is 18.0. The van der Waals surface area contributed by atoms with Crippen molar-refractivity contribution in [3.63, 3.8) is 0 Å². The number of halogens is 2. The second-order valence-electron chi connectivity index (χ2n) is 7.44. The molecule has 0 bridgehead atoms. The number of aromatic nitrogens is 2. The number of carbonyl (C=O) groups is 1. The molecule has 2 aromatic carbocycles. The fourth-order valence-electron chi connectivity index (χ4n) is 3.65. The highest BCUT2D eigenvalue weighted by Crippen LogP contribution is 2.39. The summed E-state index contributed by atoms with van der Waals surface area (Å²) in [6, 6.07) is 15.3. The molecule has 0 radical (unpaired) electrons. The van der Waals surface area contributed by atoms with Crippen LogP contribution in [0, 0.1) is 6.92 Å². The molecule has 2 atom stereocenters. The molecule has 2 unspecified atom stereocenters. The van der Waals surface area contributed by atoms with Crippen molar-refractivity contribution in [3.8, 4) is 0 Å². The number of hydrazine groups is 1. The van der Waals surface area contributed by atoms with Crippen molar-refractivity contribution in [2.24, 2.45) is 0 Å². The molecule has 1 aliphatic rings. The number of amides is 1. The number of thiocarbonyl (C=S) groups is 1. The van der Waals surface area contributed by atoms with E-state index < -0.39 is 18.4 Å². The number of nitrogens with zero attached hydrogens (tertiary/aromatic N) is 2.